The molecule has 7 heteroatoms. The zero-order valence-corrected chi connectivity index (χ0v) is 17.5. The van der Waals surface area contributed by atoms with E-state index in [4.69, 9.17) is 11.6 Å². The minimum Gasteiger partial charge on any atom is -0.322 e. The van der Waals surface area contributed by atoms with Crippen LogP contribution in [-0.4, -0.2) is 20.9 Å². The number of nitrogens with one attached hydrogen (secondary N) is 1. The Morgan fingerprint density at radius 3 is 2.39 bits per heavy atom. The van der Waals surface area contributed by atoms with Gasteiger partial charge in [0.15, 0.2) is 0 Å². The van der Waals surface area contributed by atoms with Crippen molar-refractivity contribution in [1.29, 1.82) is 0 Å². The van der Waals surface area contributed by atoms with E-state index < -0.39 is 0 Å². The quantitative estimate of drug-likeness (QED) is 0.431. The second-order valence-electron chi connectivity index (χ2n) is 6.56. The summed E-state index contributed by atoms with van der Waals surface area (Å²) in [6, 6.07) is 16.9. The first-order valence-corrected chi connectivity index (χ1v) is 9.79. The van der Waals surface area contributed by atoms with E-state index in [0.29, 0.717) is 21.8 Å². The Hall–Kier alpha value is -2.70. The summed E-state index contributed by atoms with van der Waals surface area (Å²) in [4.78, 5) is 14.3. The first-order chi connectivity index (χ1) is 13.4. The summed E-state index contributed by atoms with van der Waals surface area (Å²) >= 11 is 9.53. The summed E-state index contributed by atoms with van der Waals surface area (Å²) in [7, 11) is 0. The van der Waals surface area contributed by atoms with Crippen LogP contribution in [0.5, 0.6) is 0 Å². The average Bonchev–Trinajstić information content (AvgIpc) is 3.07. The number of halogens is 2. The lowest BCUT2D eigenvalue weighted by atomic mass is 10.1. The first-order valence-electron chi connectivity index (χ1n) is 8.62. The van der Waals surface area contributed by atoms with Gasteiger partial charge in [-0.15, -0.1) is 10.2 Å². The number of anilines is 1. The highest BCUT2D eigenvalue weighted by molar-refractivity contribution is 9.10. The van der Waals surface area contributed by atoms with Gasteiger partial charge in [0.25, 0.3) is 5.91 Å². The summed E-state index contributed by atoms with van der Waals surface area (Å²) in [5.41, 5.74) is 5.48. The lowest BCUT2D eigenvalue weighted by Crippen LogP contribution is -2.13. The molecule has 3 aromatic carbocycles. The molecule has 1 aromatic heterocycles. The zero-order chi connectivity index (χ0) is 19.8. The normalized spacial score (nSPS) is 11.0. The van der Waals surface area contributed by atoms with Gasteiger partial charge in [-0.1, -0.05) is 45.2 Å². The third-order valence-electron chi connectivity index (χ3n) is 4.41. The number of benzene rings is 3. The number of carbonyl (C=O) groups excluding carboxylic acids is 1. The number of amides is 1. The van der Waals surface area contributed by atoms with Gasteiger partial charge in [-0.2, -0.15) is 4.80 Å². The van der Waals surface area contributed by atoms with Gasteiger partial charge in [0, 0.05) is 10.2 Å². The molecule has 0 aliphatic carbocycles. The summed E-state index contributed by atoms with van der Waals surface area (Å²) in [6.45, 7) is 3.95. The van der Waals surface area contributed by atoms with Crippen LogP contribution in [0.3, 0.4) is 0 Å². The van der Waals surface area contributed by atoms with Gasteiger partial charge >= 0.3 is 0 Å². The van der Waals surface area contributed by atoms with Gasteiger partial charge < -0.3 is 5.32 Å². The van der Waals surface area contributed by atoms with Crippen LogP contribution < -0.4 is 5.32 Å². The van der Waals surface area contributed by atoms with Crippen molar-refractivity contribution >= 4 is 50.2 Å². The van der Waals surface area contributed by atoms with E-state index in [1.165, 1.54) is 5.56 Å². The van der Waals surface area contributed by atoms with Crippen LogP contribution in [0.15, 0.2) is 59.1 Å². The number of hydrogen-bond donors (Lipinski definition) is 1. The molecule has 5 nitrogen and oxygen atoms in total. The van der Waals surface area contributed by atoms with Crippen molar-refractivity contribution < 1.29 is 4.79 Å². The van der Waals surface area contributed by atoms with E-state index in [9.17, 15) is 4.79 Å². The third kappa shape index (κ3) is 3.66. The van der Waals surface area contributed by atoms with Crippen LogP contribution >= 0.6 is 27.5 Å². The van der Waals surface area contributed by atoms with E-state index in [-0.39, 0.29) is 5.91 Å². The fourth-order valence-corrected chi connectivity index (χ4v) is 3.42. The summed E-state index contributed by atoms with van der Waals surface area (Å²) < 4.78 is 0.787. The molecule has 4 rings (SSSR count). The first kappa shape index (κ1) is 18.7. The Morgan fingerprint density at radius 2 is 1.68 bits per heavy atom. The monoisotopic (exact) mass is 454 g/mol. The lowest BCUT2D eigenvalue weighted by molar-refractivity contribution is 0.102. The molecule has 0 atom stereocenters. The van der Waals surface area contributed by atoms with E-state index >= 15 is 0 Å². The maximum atomic E-state index is 12.7. The molecule has 140 valence electrons. The van der Waals surface area contributed by atoms with Gasteiger partial charge in [0.05, 0.1) is 16.3 Å². The summed E-state index contributed by atoms with van der Waals surface area (Å²) in [5, 5.41) is 12.4. The molecule has 1 amide bonds. The molecule has 0 spiro atoms. The fraction of sp³-hybridized carbons (Fsp3) is 0.0952. The smallest absolute Gasteiger partial charge is 0.257 e. The molecule has 0 saturated carbocycles. The standard InChI is InChI=1S/C21H16BrClN4O/c1-12-3-6-15(7-4-12)27-25-19-9-13(2)18(11-20(19)26-27)24-21(28)16-10-14(22)5-8-17(16)23/h3-11H,1-2H3,(H,24,28). The fourth-order valence-electron chi connectivity index (χ4n) is 2.86. The minimum atomic E-state index is -0.278. The topological polar surface area (TPSA) is 59.8 Å². The van der Waals surface area contributed by atoms with Crippen LogP contribution in [0.1, 0.15) is 21.5 Å². The number of carbonyl (C=O) groups is 1. The predicted molar refractivity (Wildman–Crippen MR) is 115 cm³/mol. The maximum Gasteiger partial charge on any atom is 0.257 e. The summed E-state index contributed by atoms with van der Waals surface area (Å²) in [6.07, 6.45) is 0. The highest BCUT2D eigenvalue weighted by atomic mass is 79.9. The number of aromatic nitrogens is 3. The van der Waals surface area contributed by atoms with Gasteiger partial charge in [-0.25, -0.2) is 0 Å². The lowest BCUT2D eigenvalue weighted by Gasteiger charge is -2.09. The minimum absolute atomic E-state index is 0.278. The number of rotatable bonds is 3. The molecule has 0 aliphatic rings. The number of nitrogens with zero attached hydrogens (tertiary/aromatic N) is 3. The van der Waals surface area contributed by atoms with Crippen LogP contribution in [0.25, 0.3) is 16.7 Å². The zero-order valence-electron chi connectivity index (χ0n) is 15.2. The van der Waals surface area contributed by atoms with Crippen molar-refractivity contribution in [2.45, 2.75) is 13.8 Å². The van der Waals surface area contributed by atoms with Gasteiger partial charge in [0.1, 0.15) is 11.0 Å². The SMILES string of the molecule is Cc1ccc(-n2nc3cc(C)c(NC(=O)c4cc(Br)ccc4Cl)cc3n2)cc1. The van der Waals surface area contributed by atoms with E-state index in [0.717, 1.165) is 21.2 Å². The number of fused-ring (bicyclic) bond motifs is 1. The highest BCUT2D eigenvalue weighted by Gasteiger charge is 2.14. The summed E-state index contributed by atoms with van der Waals surface area (Å²) in [5.74, 6) is -0.278. The van der Waals surface area contributed by atoms with Crippen LogP contribution in [0, 0.1) is 13.8 Å². The van der Waals surface area contributed by atoms with Crippen molar-refractivity contribution in [3.05, 3.63) is 80.8 Å². The Balaban J connectivity index is 1.68. The van der Waals surface area contributed by atoms with Crippen LogP contribution in [-0.2, 0) is 0 Å². The third-order valence-corrected chi connectivity index (χ3v) is 5.24. The predicted octanol–water partition coefficient (Wildman–Crippen LogP) is 5.71. The van der Waals surface area contributed by atoms with Crippen molar-refractivity contribution in [3.8, 4) is 5.69 Å². The molecule has 0 aliphatic heterocycles. The second kappa shape index (κ2) is 7.37. The molecular weight excluding hydrogens is 440 g/mol. The van der Waals surface area contributed by atoms with Crippen LogP contribution in [0.4, 0.5) is 5.69 Å². The van der Waals surface area contributed by atoms with Crippen molar-refractivity contribution in [2.75, 3.05) is 5.32 Å². The highest BCUT2D eigenvalue weighted by Crippen LogP contribution is 2.25. The Bertz CT molecular complexity index is 1200. The molecule has 1 heterocycles. The van der Waals surface area contributed by atoms with Crippen molar-refractivity contribution in [3.63, 3.8) is 0 Å². The molecule has 0 bridgehead atoms. The molecule has 0 fully saturated rings. The van der Waals surface area contributed by atoms with Gasteiger partial charge in [0.2, 0.25) is 0 Å². The molecule has 28 heavy (non-hydrogen) atoms. The molecular formula is C21H16BrClN4O. The largest absolute Gasteiger partial charge is 0.322 e. The van der Waals surface area contributed by atoms with E-state index in [1.54, 1.807) is 23.0 Å². The second-order valence-corrected chi connectivity index (χ2v) is 7.88. The maximum absolute atomic E-state index is 12.7. The number of hydrogen-bond acceptors (Lipinski definition) is 3. The van der Waals surface area contributed by atoms with E-state index in [1.807, 2.05) is 50.2 Å². The van der Waals surface area contributed by atoms with Crippen LogP contribution in [0.2, 0.25) is 5.02 Å². The molecule has 0 radical (unpaired) electrons. The number of aryl methyl sites for hydroxylation is 2. The average molecular weight is 456 g/mol. The van der Waals surface area contributed by atoms with Crippen molar-refractivity contribution in [1.82, 2.24) is 15.0 Å². The Morgan fingerprint density at radius 1 is 1.00 bits per heavy atom. The molecule has 0 unspecified atom stereocenters. The molecule has 1 N–H and O–H groups in total. The van der Waals surface area contributed by atoms with Gasteiger partial charge in [-0.05, 0) is 61.9 Å². The molecule has 4 aromatic rings. The molecule has 0 saturated heterocycles. The Kier molecular flexibility index (Phi) is 4.91. The Labute approximate surface area is 175 Å². The van der Waals surface area contributed by atoms with Crippen molar-refractivity contribution in [2.24, 2.45) is 0 Å². The van der Waals surface area contributed by atoms with Gasteiger partial charge in [-0.3, -0.25) is 4.79 Å². The van der Waals surface area contributed by atoms with E-state index in [2.05, 4.69) is 31.4 Å².